The number of imide groups is 1. The molecule has 0 bridgehead atoms. The molecule has 2 aromatic rings. The first-order valence-electron chi connectivity index (χ1n) is 6.46. The monoisotopic (exact) mass is 285 g/mol. The molecule has 3 rings (SSSR count). The van der Waals surface area contributed by atoms with Gasteiger partial charge in [0.25, 0.3) is 11.8 Å². The van der Waals surface area contributed by atoms with Crippen LogP contribution in [0.25, 0.3) is 10.8 Å². The van der Waals surface area contributed by atoms with Crippen LogP contribution in [0.4, 0.5) is 0 Å². The van der Waals surface area contributed by atoms with Gasteiger partial charge in [0.15, 0.2) is 0 Å². The number of hydrogen-bond donors (Lipinski definition) is 1. The van der Waals surface area contributed by atoms with Crippen LogP contribution in [-0.4, -0.2) is 30.2 Å². The van der Waals surface area contributed by atoms with Crippen molar-refractivity contribution in [3.63, 3.8) is 0 Å². The first-order valence-corrected chi connectivity index (χ1v) is 9.96. The summed E-state index contributed by atoms with van der Waals surface area (Å²) in [6.07, 6.45) is 0. The van der Waals surface area contributed by atoms with Gasteiger partial charge in [0.2, 0.25) is 0 Å². The molecular weight excluding hydrogens is 270 g/mol. The molecule has 1 aliphatic rings. The van der Waals surface area contributed by atoms with Crippen LogP contribution in [0.2, 0.25) is 19.6 Å². The van der Waals surface area contributed by atoms with Gasteiger partial charge in [-0.25, -0.2) is 0 Å². The molecule has 0 saturated carbocycles. The van der Waals surface area contributed by atoms with Gasteiger partial charge < -0.3 is 0 Å². The SMILES string of the molecule is C[Si](C)(C)c1c2c(cc3ccccc13)C(=O)N(O)C2=O. The minimum absolute atomic E-state index is 0.229. The van der Waals surface area contributed by atoms with Crippen LogP contribution in [0, 0.1) is 0 Å². The lowest BCUT2D eigenvalue weighted by molar-refractivity contribution is -0.0326. The van der Waals surface area contributed by atoms with Crippen molar-refractivity contribution in [2.45, 2.75) is 19.6 Å². The van der Waals surface area contributed by atoms with Crippen molar-refractivity contribution in [1.29, 1.82) is 0 Å². The van der Waals surface area contributed by atoms with Gasteiger partial charge in [-0.05, 0) is 22.0 Å². The molecule has 2 aromatic carbocycles. The average molecular weight is 285 g/mol. The summed E-state index contributed by atoms with van der Waals surface area (Å²) in [7, 11) is -1.87. The largest absolute Gasteiger partial charge is 0.285 e. The molecule has 1 aliphatic heterocycles. The maximum absolute atomic E-state index is 12.2. The fourth-order valence-electron chi connectivity index (χ4n) is 2.83. The van der Waals surface area contributed by atoms with Crippen molar-refractivity contribution in [2.24, 2.45) is 0 Å². The van der Waals surface area contributed by atoms with E-state index in [1.54, 1.807) is 6.07 Å². The standard InChI is InChI=1S/C15H15NO3Si/c1-20(2,3)13-10-7-5-4-6-9(10)8-11-12(13)15(18)16(19)14(11)17/h4-8,19H,1-3H3. The average Bonchev–Trinajstić information content (AvgIpc) is 2.60. The number of carbonyl (C=O) groups is 2. The molecule has 2 amide bonds. The van der Waals surface area contributed by atoms with Gasteiger partial charge in [-0.2, -0.15) is 0 Å². The molecule has 4 nitrogen and oxygen atoms in total. The highest BCUT2D eigenvalue weighted by atomic mass is 28.3. The maximum Gasteiger partial charge on any atom is 0.285 e. The zero-order valence-electron chi connectivity index (χ0n) is 11.6. The number of rotatable bonds is 1. The summed E-state index contributed by atoms with van der Waals surface area (Å²) < 4.78 is 0. The highest BCUT2D eigenvalue weighted by Gasteiger charge is 2.40. The van der Waals surface area contributed by atoms with E-state index in [2.05, 4.69) is 19.6 Å². The van der Waals surface area contributed by atoms with E-state index in [-0.39, 0.29) is 5.06 Å². The lowest BCUT2D eigenvalue weighted by Crippen LogP contribution is -2.42. The van der Waals surface area contributed by atoms with Crippen molar-refractivity contribution >= 4 is 35.8 Å². The Kier molecular flexibility index (Phi) is 2.61. The highest BCUT2D eigenvalue weighted by molar-refractivity contribution is 6.91. The van der Waals surface area contributed by atoms with E-state index in [4.69, 9.17) is 0 Å². The Morgan fingerprint density at radius 1 is 1.05 bits per heavy atom. The van der Waals surface area contributed by atoms with Crippen LogP contribution in [0.1, 0.15) is 20.7 Å². The predicted molar refractivity (Wildman–Crippen MR) is 79.2 cm³/mol. The van der Waals surface area contributed by atoms with E-state index in [0.717, 1.165) is 16.0 Å². The van der Waals surface area contributed by atoms with Gasteiger partial charge in [0, 0.05) is 0 Å². The van der Waals surface area contributed by atoms with Gasteiger partial charge in [-0.3, -0.25) is 14.8 Å². The zero-order chi connectivity index (χ0) is 14.7. The van der Waals surface area contributed by atoms with Crippen molar-refractivity contribution in [3.8, 4) is 0 Å². The van der Waals surface area contributed by atoms with Crippen LogP contribution >= 0.6 is 0 Å². The number of fused-ring (bicyclic) bond motifs is 2. The summed E-state index contributed by atoms with van der Waals surface area (Å²) >= 11 is 0. The lowest BCUT2D eigenvalue weighted by atomic mass is 10.0. The summed E-state index contributed by atoms with van der Waals surface area (Å²) in [5, 5.41) is 12.7. The second-order valence-corrected chi connectivity index (χ2v) is 11.1. The third-order valence-electron chi connectivity index (χ3n) is 3.63. The fraction of sp³-hybridized carbons (Fsp3) is 0.200. The Morgan fingerprint density at radius 3 is 2.35 bits per heavy atom. The second-order valence-electron chi connectivity index (χ2n) is 6.07. The topological polar surface area (TPSA) is 57.6 Å². The van der Waals surface area contributed by atoms with Crippen LogP contribution < -0.4 is 5.19 Å². The van der Waals surface area contributed by atoms with E-state index < -0.39 is 19.9 Å². The van der Waals surface area contributed by atoms with E-state index >= 15 is 0 Å². The maximum atomic E-state index is 12.2. The molecule has 0 atom stereocenters. The lowest BCUT2D eigenvalue weighted by Gasteiger charge is -2.22. The molecule has 20 heavy (non-hydrogen) atoms. The highest BCUT2D eigenvalue weighted by Crippen LogP contribution is 2.28. The Bertz CT molecular complexity index is 762. The molecule has 1 N–H and O–H groups in total. The van der Waals surface area contributed by atoms with Gasteiger partial charge in [0.05, 0.1) is 19.2 Å². The third-order valence-corrected chi connectivity index (χ3v) is 5.65. The molecule has 1 heterocycles. The van der Waals surface area contributed by atoms with Crippen LogP contribution in [0.3, 0.4) is 0 Å². The Morgan fingerprint density at radius 2 is 1.70 bits per heavy atom. The second kappa shape index (κ2) is 4.00. The normalized spacial score (nSPS) is 15.1. The van der Waals surface area contributed by atoms with E-state index in [1.165, 1.54) is 0 Å². The van der Waals surface area contributed by atoms with Gasteiger partial charge >= 0.3 is 0 Å². The molecule has 0 fully saturated rings. The van der Waals surface area contributed by atoms with E-state index in [9.17, 15) is 14.8 Å². The van der Waals surface area contributed by atoms with Gasteiger partial charge in [-0.1, -0.05) is 43.9 Å². The predicted octanol–water partition coefficient (Wildman–Crippen LogP) is 2.37. The Hall–Kier alpha value is -1.98. The van der Waals surface area contributed by atoms with Gasteiger partial charge in [0.1, 0.15) is 0 Å². The number of amides is 2. The Balaban J connectivity index is 2.52. The van der Waals surface area contributed by atoms with Crippen LogP contribution in [-0.2, 0) is 0 Å². The minimum atomic E-state index is -1.87. The number of nitrogens with zero attached hydrogens (tertiary/aromatic N) is 1. The van der Waals surface area contributed by atoms with E-state index in [1.807, 2.05) is 24.3 Å². The zero-order valence-corrected chi connectivity index (χ0v) is 12.6. The Labute approximate surface area is 117 Å². The summed E-state index contributed by atoms with van der Waals surface area (Å²) in [6.45, 7) is 6.40. The summed E-state index contributed by atoms with van der Waals surface area (Å²) in [4.78, 5) is 24.2. The molecule has 0 spiro atoms. The summed E-state index contributed by atoms with van der Waals surface area (Å²) in [6, 6.07) is 9.43. The van der Waals surface area contributed by atoms with Crippen molar-refractivity contribution in [1.82, 2.24) is 5.06 Å². The quantitative estimate of drug-likeness (QED) is 0.497. The summed E-state index contributed by atoms with van der Waals surface area (Å²) in [5.74, 6) is -1.23. The van der Waals surface area contributed by atoms with Crippen LogP contribution in [0.15, 0.2) is 30.3 Å². The number of hydrogen-bond acceptors (Lipinski definition) is 3. The van der Waals surface area contributed by atoms with Crippen molar-refractivity contribution in [3.05, 3.63) is 41.5 Å². The summed E-state index contributed by atoms with van der Waals surface area (Å²) in [5.41, 5.74) is 0.698. The van der Waals surface area contributed by atoms with Gasteiger partial charge in [-0.15, -0.1) is 5.06 Å². The minimum Gasteiger partial charge on any atom is -0.278 e. The molecule has 0 aromatic heterocycles. The van der Waals surface area contributed by atoms with Crippen molar-refractivity contribution < 1.29 is 14.8 Å². The third kappa shape index (κ3) is 1.63. The molecule has 0 saturated heterocycles. The first-order chi connectivity index (χ1) is 9.32. The van der Waals surface area contributed by atoms with Crippen LogP contribution in [0.5, 0.6) is 0 Å². The molecular formula is C15H15NO3Si. The molecule has 0 radical (unpaired) electrons. The smallest absolute Gasteiger partial charge is 0.278 e. The number of hydroxylamine groups is 2. The molecule has 0 unspecified atom stereocenters. The number of carbonyl (C=O) groups excluding carboxylic acids is 2. The van der Waals surface area contributed by atoms with E-state index in [0.29, 0.717) is 11.1 Å². The molecule has 0 aliphatic carbocycles. The fourth-order valence-corrected chi connectivity index (χ4v) is 4.86. The molecule has 5 heteroatoms. The van der Waals surface area contributed by atoms with Crippen molar-refractivity contribution in [2.75, 3.05) is 0 Å². The number of benzene rings is 2. The first kappa shape index (κ1) is 13.0. The molecule has 102 valence electrons.